The van der Waals surface area contributed by atoms with E-state index < -0.39 is 0 Å². The molecule has 0 aliphatic rings. The third-order valence-corrected chi connectivity index (χ3v) is 5.05. The molecule has 29 heavy (non-hydrogen) atoms. The number of hydrazone groups is 1. The van der Waals surface area contributed by atoms with Gasteiger partial charge in [-0.3, -0.25) is 9.78 Å². The number of anilines is 2. The topological polar surface area (TPSA) is 123 Å². The van der Waals surface area contributed by atoms with Crippen LogP contribution in [0, 0.1) is 0 Å². The van der Waals surface area contributed by atoms with Gasteiger partial charge in [0.25, 0.3) is 5.95 Å². The molecule has 3 aromatic rings. The molecular weight excluding hydrogens is 435 g/mol. The normalized spacial score (nSPS) is 11.3. The molecule has 9 nitrogen and oxygen atoms in total. The van der Waals surface area contributed by atoms with Gasteiger partial charge in [0.15, 0.2) is 0 Å². The summed E-state index contributed by atoms with van der Waals surface area (Å²) in [4.78, 5) is 16.3. The molecule has 0 fully saturated rings. The van der Waals surface area contributed by atoms with Crippen molar-refractivity contribution >= 4 is 58.2 Å². The van der Waals surface area contributed by atoms with Crippen molar-refractivity contribution in [3.05, 3.63) is 58.3 Å². The van der Waals surface area contributed by atoms with Gasteiger partial charge in [-0.25, -0.2) is 10.1 Å². The Morgan fingerprint density at radius 1 is 1.28 bits per heavy atom. The number of nitrogens with two attached hydrogens (primary N) is 1. The first-order valence-electron chi connectivity index (χ1n) is 8.24. The largest absolute Gasteiger partial charge is 0.334 e. The Balaban J connectivity index is 1.57. The lowest BCUT2D eigenvalue weighted by atomic mass is 10.3. The second kappa shape index (κ2) is 9.59. The molecule has 0 spiro atoms. The Morgan fingerprint density at radius 2 is 2.10 bits per heavy atom. The van der Waals surface area contributed by atoms with E-state index in [2.05, 4.69) is 31.0 Å². The van der Waals surface area contributed by atoms with Gasteiger partial charge in [-0.15, -0.1) is 10.2 Å². The summed E-state index contributed by atoms with van der Waals surface area (Å²) in [6, 6.07) is 10.3. The molecule has 1 aromatic carbocycles. The zero-order valence-corrected chi connectivity index (χ0v) is 17.5. The minimum absolute atomic E-state index is 0.0600. The highest BCUT2D eigenvalue weighted by molar-refractivity contribution is 7.99. The quantitative estimate of drug-likeness (QED) is 0.218. The summed E-state index contributed by atoms with van der Waals surface area (Å²) in [6.07, 6.45) is 1.68. The highest BCUT2D eigenvalue weighted by Gasteiger charge is 2.13. The van der Waals surface area contributed by atoms with Crippen molar-refractivity contribution in [2.75, 3.05) is 22.3 Å². The van der Waals surface area contributed by atoms with Gasteiger partial charge >= 0.3 is 0 Å². The molecule has 12 heteroatoms. The zero-order chi connectivity index (χ0) is 20.8. The zero-order valence-electron chi connectivity index (χ0n) is 15.1. The number of carbonyl (C=O) groups is 1. The van der Waals surface area contributed by atoms with Gasteiger partial charge in [0.2, 0.25) is 11.1 Å². The van der Waals surface area contributed by atoms with Crippen molar-refractivity contribution in [1.82, 2.24) is 19.9 Å². The molecule has 3 rings (SSSR count). The van der Waals surface area contributed by atoms with Crippen LogP contribution in [0.5, 0.6) is 0 Å². The van der Waals surface area contributed by atoms with Crippen LogP contribution in [0.25, 0.3) is 0 Å². The Kier molecular flexibility index (Phi) is 6.91. The average Bonchev–Trinajstić information content (AvgIpc) is 3.07. The van der Waals surface area contributed by atoms with Crippen LogP contribution in [0.3, 0.4) is 0 Å². The number of benzene rings is 1. The smallest absolute Gasteiger partial charge is 0.264 e. The van der Waals surface area contributed by atoms with Crippen molar-refractivity contribution in [1.29, 1.82) is 0 Å². The van der Waals surface area contributed by atoms with Gasteiger partial charge in [0.05, 0.1) is 27.9 Å². The lowest BCUT2D eigenvalue weighted by Gasteiger charge is -2.07. The third kappa shape index (κ3) is 5.59. The van der Waals surface area contributed by atoms with Crippen LogP contribution in [0.4, 0.5) is 11.6 Å². The van der Waals surface area contributed by atoms with E-state index in [-0.39, 0.29) is 17.6 Å². The monoisotopic (exact) mass is 450 g/mol. The molecule has 0 aliphatic heterocycles. The van der Waals surface area contributed by atoms with E-state index in [1.807, 2.05) is 18.2 Å². The SMILES string of the molecule is C/C(=N\Nc1nnc(SCC(=O)Nc2ccc(Cl)cc2Cl)n1N)c1ccccn1. The molecule has 4 N–H and O–H groups in total. The maximum absolute atomic E-state index is 12.1. The highest BCUT2D eigenvalue weighted by Crippen LogP contribution is 2.26. The summed E-state index contributed by atoms with van der Waals surface area (Å²) in [7, 11) is 0. The molecule has 0 saturated carbocycles. The number of hydrogen-bond donors (Lipinski definition) is 3. The minimum Gasteiger partial charge on any atom is -0.334 e. The summed E-state index contributed by atoms with van der Waals surface area (Å²) in [5.41, 5.74) is 4.58. The standard InChI is InChI=1S/C17H16Cl2N8OS/c1-10(13-4-2-3-7-21-13)23-24-16-25-26-17(27(16)20)29-9-15(28)22-14-6-5-11(18)8-12(14)19/h2-8H,9,20H2,1H3,(H,22,28)(H,24,25)/b23-10+. The van der Waals surface area contributed by atoms with Crippen LogP contribution < -0.4 is 16.6 Å². The average molecular weight is 451 g/mol. The molecule has 150 valence electrons. The number of amides is 1. The van der Waals surface area contributed by atoms with E-state index >= 15 is 0 Å². The van der Waals surface area contributed by atoms with E-state index in [1.54, 1.807) is 31.3 Å². The Labute approximate surface area is 180 Å². The van der Waals surface area contributed by atoms with E-state index in [9.17, 15) is 4.79 Å². The molecule has 0 radical (unpaired) electrons. The molecule has 0 aliphatic carbocycles. The molecule has 1 amide bonds. The number of carbonyl (C=O) groups excluding carboxylic acids is 1. The lowest BCUT2D eigenvalue weighted by molar-refractivity contribution is -0.113. The number of hydrogen-bond acceptors (Lipinski definition) is 8. The first-order chi connectivity index (χ1) is 13.9. The first kappa shape index (κ1) is 20.9. The third-order valence-electron chi connectivity index (χ3n) is 3.56. The summed E-state index contributed by atoms with van der Waals surface area (Å²) in [5, 5.41) is 16.0. The second-order valence-corrected chi connectivity index (χ2v) is 7.45. The highest BCUT2D eigenvalue weighted by atomic mass is 35.5. The van der Waals surface area contributed by atoms with Crippen molar-refractivity contribution in [3.8, 4) is 0 Å². The van der Waals surface area contributed by atoms with Crippen molar-refractivity contribution < 1.29 is 4.79 Å². The predicted octanol–water partition coefficient (Wildman–Crippen LogP) is 3.26. The summed E-state index contributed by atoms with van der Waals surface area (Å²) in [6.45, 7) is 1.80. The Morgan fingerprint density at radius 3 is 2.83 bits per heavy atom. The number of aromatic nitrogens is 4. The molecule has 0 saturated heterocycles. The summed E-state index contributed by atoms with van der Waals surface area (Å²) < 4.78 is 1.21. The number of nitrogen functional groups attached to an aromatic ring is 1. The van der Waals surface area contributed by atoms with E-state index in [0.717, 1.165) is 17.5 Å². The number of nitrogens with zero attached hydrogens (tertiary/aromatic N) is 5. The van der Waals surface area contributed by atoms with Gasteiger partial charge in [-0.1, -0.05) is 41.0 Å². The molecular formula is C17H16Cl2N8OS. The molecule has 2 heterocycles. The minimum atomic E-state index is -0.277. The van der Waals surface area contributed by atoms with Crippen LogP contribution in [-0.2, 0) is 4.79 Å². The number of thioether (sulfide) groups is 1. The molecule has 0 atom stereocenters. The predicted molar refractivity (Wildman–Crippen MR) is 116 cm³/mol. The summed E-state index contributed by atoms with van der Waals surface area (Å²) in [5.74, 6) is 5.97. The molecule has 2 aromatic heterocycles. The fourth-order valence-electron chi connectivity index (χ4n) is 2.13. The van der Waals surface area contributed by atoms with E-state index in [4.69, 9.17) is 29.0 Å². The van der Waals surface area contributed by atoms with Crippen LogP contribution >= 0.6 is 35.0 Å². The van der Waals surface area contributed by atoms with Crippen LogP contribution in [-0.4, -0.2) is 37.2 Å². The van der Waals surface area contributed by atoms with E-state index in [1.165, 1.54) is 4.68 Å². The summed E-state index contributed by atoms with van der Waals surface area (Å²) >= 11 is 13.0. The van der Waals surface area contributed by atoms with Crippen LogP contribution in [0.15, 0.2) is 52.9 Å². The van der Waals surface area contributed by atoms with Gasteiger partial charge in [0, 0.05) is 11.2 Å². The van der Waals surface area contributed by atoms with Crippen molar-refractivity contribution in [2.45, 2.75) is 12.1 Å². The van der Waals surface area contributed by atoms with Gasteiger partial charge < -0.3 is 11.2 Å². The molecule has 0 bridgehead atoms. The van der Waals surface area contributed by atoms with Crippen LogP contribution in [0.2, 0.25) is 10.0 Å². The van der Waals surface area contributed by atoms with Gasteiger partial charge in [-0.05, 0) is 37.3 Å². The first-order valence-corrected chi connectivity index (χ1v) is 9.98. The fourth-order valence-corrected chi connectivity index (χ4v) is 3.24. The molecule has 0 unspecified atom stereocenters. The maximum Gasteiger partial charge on any atom is 0.264 e. The van der Waals surface area contributed by atoms with Gasteiger partial charge in [0.1, 0.15) is 0 Å². The van der Waals surface area contributed by atoms with Gasteiger partial charge in [-0.2, -0.15) is 5.10 Å². The Hall–Kier alpha value is -2.82. The Bertz CT molecular complexity index is 1040. The maximum atomic E-state index is 12.1. The second-order valence-electron chi connectivity index (χ2n) is 5.66. The lowest BCUT2D eigenvalue weighted by Crippen LogP contribution is -2.17. The van der Waals surface area contributed by atoms with E-state index in [0.29, 0.717) is 26.6 Å². The number of halogens is 2. The van der Waals surface area contributed by atoms with Crippen LogP contribution in [0.1, 0.15) is 12.6 Å². The number of pyridine rings is 1. The fraction of sp³-hybridized carbons (Fsp3) is 0.118. The van der Waals surface area contributed by atoms with Crippen molar-refractivity contribution in [2.24, 2.45) is 5.10 Å². The number of nitrogens with one attached hydrogen (secondary N) is 2. The number of rotatable bonds is 7. The van der Waals surface area contributed by atoms with Crippen molar-refractivity contribution in [3.63, 3.8) is 0 Å².